The maximum atomic E-state index is 12.0. The van der Waals surface area contributed by atoms with Crippen LogP contribution in [0.25, 0.3) is 11.0 Å². The highest BCUT2D eigenvalue weighted by atomic mass is 32.2. The molecule has 0 saturated carbocycles. The van der Waals surface area contributed by atoms with Gasteiger partial charge < -0.3 is 14.5 Å². The van der Waals surface area contributed by atoms with Crippen molar-refractivity contribution in [1.29, 1.82) is 0 Å². The van der Waals surface area contributed by atoms with E-state index in [1.165, 1.54) is 30.3 Å². The summed E-state index contributed by atoms with van der Waals surface area (Å²) in [7, 11) is -3.78. The van der Waals surface area contributed by atoms with Crippen molar-refractivity contribution in [2.24, 2.45) is 5.14 Å². The van der Waals surface area contributed by atoms with E-state index in [4.69, 9.17) is 14.3 Å². The number of amides is 1. The monoisotopic (exact) mass is 388 g/mol. The fraction of sp³-hybridized carbons (Fsp3) is 0.111. The zero-order valence-corrected chi connectivity index (χ0v) is 15.1. The van der Waals surface area contributed by atoms with Crippen molar-refractivity contribution in [3.8, 4) is 5.75 Å². The SMILES string of the molecule is Cc1cc(=O)oc2ccc(OCC(=O)Nc3ccc(S(N)(=O)=O)cc3)cc12. The van der Waals surface area contributed by atoms with E-state index in [0.717, 1.165) is 5.56 Å². The van der Waals surface area contributed by atoms with Gasteiger partial charge in [0.1, 0.15) is 11.3 Å². The summed E-state index contributed by atoms with van der Waals surface area (Å²) >= 11 is 0. The first-order chi connectivity index (χ1) is 12.7. The molecule has 0 aliphatic carbocycles. The summed E-state index contributed by atoms with van der Waals surface area (Å²) in [6.45, 7) is 1.53. The third-order valence-corrected chi connectivity index (χ3v) is 4.69. The molecule has 0 atom stereocenters. The molecule has 1 heterocycles. The number of hydrogen-bond acceptors (Lipinski definition) is 6. The molecule has 140 valence electrons. The van der Waals surface area contributed by atoms with Crippen LogP contribution in [0.2, 0.25) is 0 Å². The minimum absolute atomic E-state index is 0.0464. The Balaban J connectivity index is 1.65. The third kappa shape index (κ3) is 4.52. The van der Waals surface area contributed by atoms with Gasteiger partial charge in [-0.15, -0.1) is 0 Å². The number of nitrogens with one attached hydrogen (secondary N) is 1. The lowest BCUT2D eigenvalue weighted by Crippen LogP contribution is -2.20. The molecule has 1 aromatic heterocycles. The quantitative estimate of drug-likeness (QED) is 0.641. The van der Waals surface area contributed by atoms with Crippen molar-refractivity contribution in [3.05, 3.63) is 64.5 Å². The Kier molecular flexibility index (Phi) is 4.98. The van der Waals surface area contributed by atoms with Gasteiger partial charge in [0.05, 0.1) is 4.90 Å². The van der Waals surface area contributed by atoms with E-state index in [9.17, 15) is 18.0 Å². The fourth-order valence-corrected chi connectivity index (χ4v) is 2.98. The molecule has 0 aliphatic heterocycles. The molecule has 9 heteroatoms. The molecule has 1 amide bonds. The zero-order chi connectivity index (χ0) is 19.6. The Morgan fingerprint density at radius 3 is 2.52 bits per heavy atom. The summed E-state index contributed by atoms with van der Waals surface area (Å²) in [4.78, 5) is 23.3. The highest BCUT2D eigenvalue weighted by Gasteiger charge is 2.09. The Morgan fingerprint density at radius 2 is 1.85 bits per heavy atom. The Morgan fingerprint density at radius 1 is 1.15 bits per heavy atom. The number of carbonyl (C=O) groups excluding carboxylic acids is 1. The van der Waals surface area contributed by atoms with Crippen LogP contribution in [0, 0.1) is 6.92 Å². The van der Waals surface area contributed by atoms with Crippen LogP contribution in [0.4, 0.5) is 5.69 Å². The van der Waals surface area contributed by atoms with Gasteiger partial charge in [-0.25, -0.2) is 18.4 Å². The number of primary sulfonamides is 1. The van der Waals surface area contributed by atoms with Gasteiger partial charge in [0, 0.05) is 17.1 Å². The molecule has 27 heavy (non-hydrogen) atoms. The van der Waals surface area contributed by atoms with Crippen LogP contribution >= 0.6 is 0 Å². The van der Waals surface area contributed by atoms with E-state index >= 15 is 0 Å². The molecule has 0 spiro atoms. The predicted molar refractivity (Wildman–Crippen MR) is 99.2 cm³/mol. The topological polar surface area (TPSA) is 129 Å². The van der Waals surface area contributed by atoms with Crippen molar-refractivity contribution in [2.75, 3.05) is 11.9 Å². The van der Waals surface area contributed by atoms with Crippen LogP contribution in [-0.2, 0) is 14.8 Å². The number of hydrogen-bond donors (Lipinski definition) is 2. The molecular weight excluding hydrogens is 372 g/mol. The van der Waals surface area contributed by atoms with Crippen molar-refractivity contribution in [2.45, 2.75) is 11.8 Å². The van der Waals surface area contributed by atoms with Gasteiger partial charge in [-0.05, 0) is 55.0 Å². The van der Waals surface area contributed by atoms with E-state index in [1.807, 2.05) is 0 Å². The fourth-order valence-electron chi connectivity index (χ4n) is 2.46. The largest absolute Gasteiger partial charge is 0.484 e. The Labute approximate surface area is 154 Å². The molecule has 0 unspecified atom stereocenters. The average Bonchev–Trinajstić information content (AvgIpc) is 2.60. The van der Waals surface area contributed by atoms with Crippen LogP contribution in [0.3, 0.4) is 0 Å². The zero-order valence-electron chi connectivity index (χ0n) is 14.3. The van der Waals surface area contributed by atoms with E-state index in [-0.39, 0.29) is 11.5 Å². The van der Waals surface area contributed by atoms with Gasteiger partial charge in [0.25, 0.3) is 5.91 Å². The number of ether oxygens (including phenoxy) is 1. The number of sulfonamides is 1. The molecule has 0 bridgehead atoms. The summed E-state index contributed by atoms with van der Waals surface area (Å²) in [5.41, 5.74) is 1.16. The number of benzene rings is 2. The second kappa shape index (κ2) is 7.22. The number of fused-ring (bicyclic) bond motifs is 1. The third-order valence-electron chi connectivity index (χ3n) is 3.76. The molecular formula is C18H16N2O6S. The maximum absolute atomic E-state index is 12.0. The summed E-state index contributed by atoms with van der Waals surface area (Å²) < 4.78 is 33.0. The van der Waals surface area contributed by atoms with Crippen molar-refractivity contribution in [1.82, 2.24) is 0 Å². The second-order valence-electron chi connectivity index (χ2n) is 5.81. The maximum Gasteiger partial charge on any atom is 0.336 e. The number of aryl methyl sites for hydroxylation is 1. The number of rotatable bonds is 5. The first kappa shape index (κ1) is 18.6. The minimum atomic E-state index is -3.78. The first-order valence-electron chi connectivity index (χ1n) is 7.82. The Bertz CT molecular complexity index is 1170. The number of anilines is 1. The molecule has 0 saturated heterocycles. The summed E-state index contributed by atoms with van der Waals surface area (Å²) in [5, 5.41) is 8.32. The van der Waals surface area contributed by atoms with Crippen LogP contribution in [0.15, 0.2) is 62.6 Å². The van der Waals surface area contributed by atoms with Crippen molar-refractivity contribution >= 4 is 32.6 Å². The lowest BCUT2D eigenvalue weighted by Gasteiger charge is -2.09. The standard InChI is InChI=1S/C18H16N2O6S/c1-11-8-18(22)26-16-7-4-13(9-15(11)16)25-10-17(21)20-12-2-5-14(6-3-12)27(19,23)24/h2-9H,10H2,1H3,(H,20,21)(H2,19,23,24). The molecule has 0 aliphatic rings. The lowest BCUT2D eigenvalue weighted by atomic mass is 10.1. The summed E-state index contributed by atoms with van der Waals surface area (Å²) in [6, 6.07) is 11.7. The van der Waals surface area contributed by atoms with Crippen molar-refractivity contribution in [3.63, 3.8) is 0 Å². The predicted octanol–water partition coefficient (Wildman–Crippen LogP) is 1.77. The molecule has 3 N–H and O–H groups in total. The van der Waals surface area contributed by atoms with Gasteiger partial charge in [-0.2, -0.15) is 0 Å². The van der Waals surface area contributed by atoms with Gasteiger partial charge in [-0.3, -0.25) is 4.79 Å². The van der Waals surface area contributed by atoms with Gasteiger partial charge in [-0.1, -0.05) is 0 Å². The van der Waals surface area contributed by atoms with Crippen LogP contribution in [-0.4, -0.2) is 20.9 Å². The first-order valence-corrected chi connectivity index (χ1v) is 9.37. The van der Waals surface area contributed by atoms with Crippen LogP contribution in [0.1, 0.15) is 5.56 Å². The van der Waals surface area contributed by atoms with Crippen molar-refractivity contribution < 1.29 is 22.4 Å². The molecule has 0 fully saturated rings. The summed E-state index contributed by atoms with van der Waals surface area (Å²) in [6.07, 6.45) is 0. The highest BCUT2D eigenvalue weighted by molar-refractivity contribution is 7.89. The summed E-state index contributed by atoms with van der Waals surface area (Å²) in [5.74, 6) is 0.0222. The average molecular weight is 388 g/mol. The lowest BCUT2D eigenvalue weighted by molar-refractivity contribution is -0.118. The van der Waals surface area contributed by atoms with E-state index in [2.05, 4.69) is 5.32 Å². The van der Waals surface area contributed by atoms with E-state index in [0.29, 0.717) is 22.4 Å². The van der Waals surface area contributed by atoms with E-state index < -0.39 is 21.6 Å². The molecule has 8 nitrogen and oxygen atoms in total. The Hall–Kier alpha value is -3.17. The molecule has 3 aromatic rings. The van der Waals surface area contributed by atoms with Crippen LogP contribution < -0.4 is 20.8 Å². The normalized spacial score (nSPS) is 11.3. The number of nitrogens with two attached hydrogens (primary N) is 1. The van der Waals surface area contributed by atoms with Gasteiger partial charge >= 0.3 is 5.63 Å². The number of carbonyl (C=O) groups is 1. The van der Waals surface area contributed by atoms with Crippen LogP contribution in [0.5, 0.6) is 5.75 Å². The van der Waals surface area contributed by atoms with Gasteiger partial charge in [0.15, 0.2) is 6.61 Å². The van der Waals surface area contributed by atoms with Gasteiger partial charge in [0.2, 0.25) is 10.0 Å². The molecule has 3 rings (SSSR count). The highest BCUT2D eigenvalue weighted by Crippen LogP contribution is 2.22. The van der Waals surface area contributed by atoms with E-state index in [1.54, 1.807) is 25.1 Å². The minimum Gasteiger partial charge on any atom is -0.484 e. The molecule has 2 aromatic carbocycles. The smallest absolute Gasteiger partial charge is 0.336 e. The molecule has 0 radical (unpaired) electrons. The second-order valence-corrected chi connectivity index (χ2v) is 7.37.